The van der Waals surface area contributed by atoms with Gasteiger partial charge >= 0.3 is 5.43 Å². The molecule has 0 aliphatic carbocycles. The second-order valence-electron chi connectivity index (χ2n) is 11.5. The third-order valence-electron chi connectivity index (χ3n) is 7.84. The summed E-state index contributed by atoms with van der Waals surface area (Å²) < 4.78 is 4.14. The van der Waals surface area contributed by atoms with Crippen LogP contribution in [0.4, 0.5) is 27.5 Å². The van der Waals surface area contributed by atoms with Crippen molar-refractivity contribution in [1.29, 1.82) is 0 Å². The molecular weight excluding hydrogens is 681 g/mol. The largest absolute Gasteiger partial charge is 0.434 e. The molecule has 48 heavy (non-hydrogen) atoms. The maximum absolute atomic E-state index is 9.71. The first-order valence-corrected chi connectivity index (χ1v) is 18.4. The van der Waals surface area contributed by atoms with Gasteiger partial charge in [0.2, 0.25) is 0 Å². The van der Waals surface area contributed by atoms with Crippen molar-refractivity contribution in [3.8, 4) is 0 Å². The van der Waals surface area contributed by atoms with Crippen LogP contribution >= 0.6 is 46.7 Å². The van der Waals surface area contributed by atoms with E-state index in [-0.39, 0.29) is 0 Å². The van der Waals surface area contributed by atoms with Gasteiger partial charge in [0.15, 0.2) is 5.56 Å². The molecule has 6 rings (SSSR count). The Kier molecular flexibility index (Phi) is 16.5. The van der Waals surface area contributed by atoms with Crippen LogP contribution in [0.15, 0.2) is 117 Å². The molecule has 0 amide bonds. The zero-order chi connectivity index (χ0) is 35.2. The minimum absolute atomic E-state index is 0.499. The van der Waals surface area contributed by atoms with Crippen LogP contribution in [0, 0.1) is 5.92 Å². The van der Waals surface area contributed by atoms with E-state index < -0.39 is 11.0 Å². The minimum Gasteiger partial charge on any atom is -0.434 e. The number of halogens is 2. The molecule has 0 aromatic heterocycles. The predicted molar refractivity (Wildman–Crippen MR) is 206 cm³/mol. The Bertz CT molecular complexity index is 1500. The lowest BCUT2D eigenvalue weighted by atomic mass is 10.1. The van der Waals surface area contributed by atoms with Crippen molar-refractivity contribution in [2.75, 3.05) is 44.1 Å². The van der Waals surface area contributed by atoms with Crippen LogP contribution in [0.3, 0.4) is 0 Å². The van der Waals surface area contributed by atoms with Gasteiger partial charge in [-0.05, 0) is 82.4 Å². The Hall–Kier alpha value is -2.85. The molecule has 0 bridgehead atoms. The number of fused-ring (bicyclic) bond motifs is 4. The van der Waals surface area contributed by atoms with Crippen LogP contribution in [-0.2, 0) is 4.74 Å². The van der Waals surface area contributed by atoms with Gasteiger partial charge in [0, 0.05) is 57.4 Å². The lowest BCUT2D eigenvalue weighted by molar-refractivity contribution is 0.166. The number of nitrogens with zero attached hydrogens (tertiary/aromatic N) is 3. The molecule has 3 atom stereocenters. The van der Waals surface area contributed by atoms with Gasteiger partial charge in [0.25, 0.3) is 0 Å². The van der Waals surface area contributed by atoms with Gasteiger partial charge in [-0.1, -0.05) is 104 Å². The molecule has 0 saturated heterocycles. The zero-order valence-corrected chi connectivity index (χ0v) is 31.9. The number of ether oxygens (including phenoxy) is 1. The molecule has 4 aromatic rings. The predicted octanol–water partition coefficient (Wildman–Crippen LogP) is 11.1. The smallest absolute Gasteiger partial charge is 0.405 e. The summed E-state index contributed by atoms with van der Waals surface area (Å²) in [6.45, 7) is 10.5. The molecule has 2 heterocycles. The molecule has 10 heteroatoms. The quantitative estimate of drug-likeness (QED) is 0.149. The highest BCUT2D eigenvalue weighted by Gasteiger charge is 2.25. The Morgan fingerprint density at radius 3 is 1.31 bits per heavy atom. The summed E-state index contributed by atoms with van der Waals surface area (Å²) in [7, 11) is 5.28. The molecular formula is C38H47Cl2N3O3S2. The normalized spacial score (nSPS) is 14.1. The van der Waals surface area contributed by atoms with E-state index >= 15 is 0 Å². The summed E-state index contributed by atoms with van der Waals surface area (Å²) in [4.78, 5) is 22.3. The standard InChI is InChI=1S/C17H20N2S.C17H19NS.C3H4Cl2O2.CH4O/c1-13(18(2)3)12-19-14-8-4-6-10-16(14)20-17-11-7-5-9-15(17)19;1-3-13(2)12-18-14-8-4-6-10-16(14)19-17-11-7-5-9-15(17)18;1-2(4)7-3(5)6;1-2/h4-11,13H,12H2,1-3H3;4-11,13H,3,12H2,1-2H3;2H,1H3;2H,1H3. The molecule has 4 aromatic carbocycles. The number of anilines is 4. The number of para-hydroxylation sites is 4. The molecule has 0 spiro atoms. The lowest BCUT2D eigenvalue weighted by Crippen LogP contribution is -2.37. The Morgan fingerprint density at radius 1 is 0.708 bits per heavy atom. The second kappa shape index (κ2) is 20.0. The molecule has 258 valence electrons. The summed E-state index contributed by atoms with van der Waals surface area (Å²) >= 11 is 13.6. The van der Waals surface area contributed by atoms with Crippen LogP contribution in [0.25, 0.3) is 0 Å². The average molecular weight is 729 g/mol. The zero-order valence-electron chi connectivity index (χ0n) is 28.8. The Balaban J connectivity index is 0.000000210. The van der Waals surface area contributed by atoms with Crippen molar-refractivity contribution < 1.29 is 14.6 Å². The maximum atomic E-state index is 9.71. The summed E-state index contributed by atoms with van der Waals surface area (Å²) in [6, 6.07) is 35.3. The highest BCUT2D eigenvalue weighted by atomic mass is 35.5. The molecule has 2 aliphatic heterocycles. The topological polar surface area (TPSA) is 56.2 Å². The van der Waals surface area contributed by atoms with Gasteiger partial charge < -0.3 is 24.5 Å². The number of hydrogen-bond donors (Lipinski definition) is 1. The van der Waals surface area contributed by atoms with E-state index in [1.807, 2.05) is 23.5 Å². The second-order valence-corrected chi connectivity index (χ2v) is 14.6. The molecule has 1 N–H and O–H groups in total. The number of hydrogen-bond acceptors (Lipinski definition) is 8. The lowest BCUT2D eigenvalue weighted by Gasteiger charge is -2.36. The van der Waals surface area contributed by atoms with Gasteiger partial charge in [-0.15, -0.1) is 0 Å². The van der Waals surface area contributed by atoms with E-state index in [2.05, 4.69) is 151 Å². The fourth-order valence-corrected chi connectivity index (χ4v) is 7.40. The Labute approximate surface area is 305 Å². The number of likely N-dealkylation sites (N-methyl/N-ethyl adjacent to an activating group) is 1. The molecule has 0 radical (unpaired) electrons. The van der Waals surface area contributed by atoms with E-state index in [0.717, 1.165) is 20.2 Å². The van der Waals surface area contributed by atoms with Crippen LogP contribution < -0.4 is 9.80 Å². The van der Waals surface area contributed by atoms with Crippen LogP contribution in [0.1, 0.15) is 34.1 Å². The number of alkyl halides is 1. The third kappa shape index (κ3) is 11.1. The number of carbonyl (C=O) groups is 1. The minimum atomic E-state index is -0.873. The maximum Gasteiger partial charge on any atom is 0.405 e. The molecule has 0 saturated carbocycles. The first-order valence-electron chi connectivity index (χ1n) is 16.0. The van der Waals surface area contributed by atoms with Crippen molar-refractivity contribution in [3.05, 3.63) is 97.1 Å². The van der Waals surface area contributed by atoms with Crippen LogP contribution in [0.5, 0.6) is 0 Å². The van der Waals surface area contributed by atoms with Crippen molar-refractivity contribution in [2.24, 2.45) is 5.92 Å². The van der Waals surface area contributed by atoms with Gasteiger partial charge in [-0.3, -0.25) is 0 Å². The molecule has 6 nitrogen and oxygen atoms in total. The summed E-state index contributed by atoms with van der Waals surface area (Å²) in [5.41, 5.74) is 3.85. The SMILES string of the molecule is CC(CN1c2ccccc2Sc2ccccc21)N(C)C.CC(Cl)OC(=O)Cl.CCC(C)CN1c2ccccc2Sc2ccccc21.CO. The Morgan fingerprint density at radius 2 is 1.04 bits per heavy atom. The van der Waals surface area contributed by atoms with E-state index in [1.54, 1.807) is 0 Å². The van der Waals surface area contributed by atoms with Crippen molar-refractivity contribution >= 4 is 74.9 Å². The van der Waals surface area contributed by atoms with E-state index in [4.69, 9.17) is 28.3 Å². The van der Waals surface area contributed by atoms with E-state index in [9.17, 15) is 4.79 Å². The van der Waals surface area contributed by atoms with Crippen LogP contribution in [0.2, 0.25) is 0 Å². The highest BCUT2D eigenvalue weighted by Crippen LogP contribution is 2.49. The third-order valence-corrected chi connectivity index (χ3v) is 10.3. The highest BCUT2D eigenvalue weighted by molar-refractivity contribution is 8.00. The average Bonchev–Trinajstić information content (AvgIpc) is 3.08. The van der Waals surface area contributed by atoms with E-state index in [0.29, 0.717) is 12.0 Å². The van der Waals surface area contributed by atoms with Gasteiger partial charge in [0.1, 0.15) is 0 Å². The number of carbonyl (C=O) groups excluding carboxylic acids is 1. The number of aliphatic hydroxyl groups is 1. The molecule has 3 unspecified atom stereocenters. The fraction of sp³-hybridized carbons (Fsp3) is 0.342. The summed E-state index contributed by atoms with van der Waals surface area (Å²) in [5.74, 6) is 0.698. The van der Waals surface area contributed by atoms with Crippen molar-refractivity contribution in [2.45, 2.75) is 65.3 Å². The van der Waals surface area contributed by atoms with Gasteiger partial charge in [0.05, 0.1) is 22.7 Å². The number of benzene rings is 4. The first-order chi connectivity index (χ1) is 23.1. The number of rotatable bonds is 7. The van der Waals surface area contributed by atoms with Crippen LogP contribution in [-0.4, -0.2) is 61.3 Å². The molecule has 2 aliphatic rings. The monoisotopic (exact) mass is 727 g/mol. The van der Waals surface area contributed by atoms with Gasteiger partial charge in [-0.2, -0.15) is 0 Å². The first kappa shape index (κ1) is 39.6. The molecule has 0 fully saturated rings. The van der Waals surface area contributed by atoms with Gasteiger partial charge in [-0.25, -0.2) is 4.79 Å². The summed E-state index contributed by atoms with van der Waals surface area (Å²) in [5, 5.41) is 7.00. The van der Waals surface area contributed by atoms with Crippen molar-refractivity contribution in [1.82, 2.24) is 4.90 Å². The van der Waals surface area contributed by atoms with E-state index in [1.165, 1.54) is 55.7 Å². The number of aliphatic hydroxyl groups excluding tert-OH is 1. The summed E-state index contributed by atoms with van der Waals surface area (Å²) in [6.07, 6.45) is 1.22. The van der Waals surface area contributed by atoms with Crippen molar-refractivity contribution in [3.63, 3.8) is 0 Å². The fourth-order valence-electron chi connectivity index (χ4n) is 4.95.